The molecule has 1 aliphatic heterocycles. The summed E-state index contributed by atoms with van der Waals surface area (Å²) in [6.07, 6.45) is 0. The van der Waals surface area contributed by atoms with E-state index in [4.69, 9.17) is 9.47 Å². The van der Waals surface area contributed by atoms with E-state index < -0.39 is 4.92 Å². The number of nitrogens with one attached hydrogen (secondary N) is 1. The lowest BCUT2D eigenvalue weighted by molar-refractivity contribution is -0.386. The molecule has 0 radical (unpaired) electrons. The van der Waals surface area contributed by atoms with Crippen LogP contribution in [0.5, 0.6) is 11.5 Å². The van der Waals surface area contributed by atoms with E-state index in [1.807, 2.05) is 0 Å². The average molecular weight is 262 g/mol. The molecule has 7 nitrogen and oxygen atoms in total. The molecule has 0 bridgehead atoms. The Labute approximate surface area is 106 Å². The zero-order valence-electron chi connectivity index (χ0n) is 10.1. The topological polar surface area (TPSA) is 94.5 Å². The van der Waals surface area contributed by atoms with Crippen LogP contribution in [0, 0.1) is 17.0 Å². The zero-order chi connectivity index (χ0) is 13.6. The van der Waals surface area contributed by atoms with Gasteiger partial charge in [-0.15, -0.1) is 0 Å². The molecule has 1 aromatic carbocycles. The smallest absolute Gasteiger partial charge is 0.315 e. The summed E-state index contributed by atoms with van der Waals surface area (Å²) in [6.45, 7) is 2.26. The van der Waals surface area contributed by atoms with Gasteiger partial charge in [0, 0.05) is 17.5 Å². The highest BCUT2D eigenvalue weighted by Crippen LogP contribution is 2.44. The quantitative estimate of drug-likeness (QED) is 0.621. The van der Waals surface area contributed by atoms with E-state index in [0.717, 1.165) is 0 Å². The maximum atomic E-state index is 11.5. The van der Waals surface area contributed by atoms with Gasteiger partial charge >= 0.3 is 5.69 Å². The molecule has 0 atom stereocenters. The third-order valence-corrected chi connectivity index (χ3v) is 3.01. The lowest BCUT2D eigenvalue weighted by atomic mass is 10.1. The molecule has 3 rings (SSSR count). The highest BCUT2D eigenvalue weighted by Gasteiger charge is 2.27. The van der Waals surface area contributed by atoms with Crippen LogP contribution < -0.4 is 15.0 Å². The van der Waals surface area contributed by atoms with E-state index in [-0.39, 0.29) is 29.4 Å². The van der Waals surface area contributed by atoms with Crippen molar-refractivity contribution >= 4 is 16.6 Å². The van der Waals surface area contributed by atoms with Crippen LogP contribution in [0.2, 0.25) is 0 Å². The first-order valence-corrected chi connectivity index (χ1v) is 5.68. The minimum atomic E-state index is -0.516. The average Bonchev–Trinajstić information content (AvgIpc) is 2.37. The minimum Gasteiger partial charge on any atom is -0.484 e. The van der Waals surface area contributed by atoms with Gasteiger partial charge in [0.25, 0.3) is 0 Å². The number of fused-ring (bicyclic) bond motifs is 3. The van der Waals surface area contributed by atoms with Gasteiger partial charge in [-0.05, 0) is 12.5 Å². The molecule has 0 fully saturated rings. The maximum Gasteiger partial charge on any atom is 0.315 e. The van der Waals surface area contributed by atoms with E-state index in [2.05, 4.69) is 4.98 Å². The zero-order valence-corrected chi connectivity index (χ0v) is 10.1. The van der Waals surface area contributed by atoms with Gasteiger partial charge in [0.1, 0.15) is 13.2 Å². The van der Waals surface area contributed by atoms with Crippen LogP contribution in [0.1, 0.15) is 5.56 Å². The molecule has 2 heterocycles. The molecule has 1 aliphatic rings. The van der Waals surface area contributed by atoms with Crippen LogP contribution in [0.3, 0.4) is 0 Å². The van der Waals surface area contributed by atoms with Crippen LogP contribution in [-0.4, -0.2) is 23.1 Å². The highest BCUT2D eigenvalue weighted by atomic mass is 16.6. The molecule has 0 amide bonds. The van der Waals surface area contributed by atoms with Crippen molar-refractivity contribution in [3.63, 3.8) is 0 Å². The predicted octanol–water partition coefficient (Wildman–Crippen LogP) is 1.52. The Kier molecular flexibility index (Phi) is 2.41. The summed E-state index contributed by atoms with van der Waals surface area (Å²) in [5.41, 5.74) is 0.650. The molecule has 7 heteroatoms. The maximum absolute atomic E-state index is 11.5. The molecule has 1 N–H and O–H groups in total. The summed E-state index contributed by atoms with van der Waals surface area (Å²) < 4.78 is 10.8. The van der Waals surface area contributed by atoms with Crippen LogP contribution in [0.4, 0.5) is 5.69 Å². The number of aromatic amines is 1. The Morgan fingerprint density at radius 3 is 2.63 bits per heavy atom. The Morgan fingerprint density at radius 1 is 1.26 bits per heavy atom. The van der Waals surface area contributed by atoms with Crippen molar-refractivity contribution in [3.05, 3.63) is 38.2 Å². The summed E-state index contributed by atoms with van der Waals surface area (Å²) in [6, 6.07) is 2.79. The third-order valence-electron chi connectivity index (χ3n) is 3.01. The molecule has 0 spiro atoms. The first-order chi connectivity index (χ1) is 9.08. The van der Waals surface area contributed by atoms with Gasteiger partial charge < -0.3 is 14.5 Å². The van der Waals surface area contributed by atoms with E-state index in [9.17, 15) is 14.9 Å². The Morgan fingerprint density at radius 2 is 1.95 bits per heavy atom. The number of pyridine rings is 1. The fourth-order valence-electron chi connectivity index (χ4n) is 2.20. The van der Waals surface area contributed by atoms with E-state index >= 15 is 0 Å². The number of nitro groups is 1. The van der Waals surface area contributed by atoms with Crippen molar-refractivity contribution in [3.8, 4) is 11.5 Å². The molecule has 19 heavy (non-hydrogen) atoms. The van der Waals surface area contributed by atoms with Crippen molar-refractivity contribution in [1.29, 1.82) is 0 Å². The fourth-order valence-corrected chi connectivity index (χ4v) is 2.20. The molecule has 98 valence electrons. The monoisotopic (exact) mass is 262 g/mol. The summed E-state index contributed by atoms with van der Waals surface area (Å²) in [4.78, 5) is 24.7. The summed E-state index contributed by atoms with van der Waals surface area (Å²) in [5.74, 6) is 0.307. The van der Waals surface area contributed by atoms with Crippen molar-refractivity contribution < 1.29 is 14.4 Å². The molecule has 0 unspecified atom stereocenters. The van der Waals surface area contributed by atoms with E-state index in [1.54, 1.807) is 6.92 Å². The SMILES string of the molecule is Cc1cc(=O)[nH]c2c3c(c([N+](=O)[O-])cc12)OCCO3. The fraction of sp³-hybridized carbons (Fsp3) is 0.250. The summed E-state index contributed by atoms with van der Waals surface area (Å²) >= 11 is 0. The molecule has 0 saturated heterocycles. The number of aromatic nitrogens is 1. The summed E-state index contributed by atoms with van der Waals surface area (Å²) in [5, 5.41) is 11.7. The predicted molar refractivity (Wildman–Crippen MR) is 67.0 cm³/mol. The largest absolute Gasteiger partial charge is 0.484 e. The van der Waals surface area contributed by atoms with Crippen molar-refractivity contribution in [2.45, 2.75) is 6.92 Å². The standard InChI is InChI=1S/C12H10N2O5/c1-6-4-9(15)13-10-7(6)5-8(14(16)17)11-12(10)19-3-2-18-11/h4-5H,2-3H2,1H3,(H,13,15). The number of nitrogens with zero attached hydrogens (tertiary/aromatic N) is 1. The second kappa shape index (κ2) is 3.98. The minimum absolute atomic E-state index is 0.0741. The number of aryl methyl sites for hydroxylation is 1. The lowest BCUT2D eigenvalue weighted by Gasteiger charge is -2.19. The number of ether oxygens (including phenoxy) is 2. The second-order valence-electron chi connectivity index (χ2n) is 4.25. The molecular weight excluding hydrogens is 252 g/mol. The molecular formula is C12H10N2O5. The first-order valence-electron chi connectivity index (χ1n) is 5.68. The number of hydrogen-bond acceptors (Lipinski definition) is 5. The number of rotatable bonds is 1. The van der Waals surface area contributed by atoms with Crippen LogP contribution in [0.25, 0.3) is 10.9 Å². The normalized spacial score (nSPS) is 13.5. The highest BCUT2D eigenvalue weighted by molar-refractivity contribution is 5.93. The van der Waals surface area contributed by atoms with Crippen LogP contribution in [-0.2, 0) is 0 Å². The first kappa shape index (κ1) is 11.5. The molecule has 0 aliphatic carbocycles. The molecule has 2 aromatic rings. The molecule has 1 aromatic heterocycles. The summed E-state index contributed by atoms with van der Waals surface area (Å²) in [7, 11) is 0. The second-order valence-corrected chi connectivity index (χ2v) is 4.25. The van der Waals surface area contributed by atoms with Gasteiger partial charge in [-0.2, -0.15) is 0 Å². The third kappa shape index (κ3) is 1.70. The molecule has 0 saturated carbocycles. The Hall–Kier alpha value is -2.57. The Bertz CT molecular complexity index is 750. The van der Waals surface area contributed by atoms with Crippen molar-refractivity contribution in [2.24, 2.45) is 0 Å². The number of benzene rings is 1. The van der Waals surface area contributed by atoms with Gasteiger partial charge in [0.2, 0.25) is 11.3 Å². The van der Waals surface area contributed by atoms with Crippen LogP contribution >= 0.6 is 0 Å². The van der Waals surface area contributed by atoms with Crippen LogP contribution in [0.15, 0.2) is 16.9 Å². The van der Waals surface area contributed by atoms with Gasteiger partial charge in [0.05, 0.1) is 10.4 Å². The van der Waals surface area contributed by atoms with Gasteiger partial charge in [-0.3, -0.25) is 14.9 Å². The van der Waals surface area contributed by atoms with E-state index in [1.165, 1.54) is 12.1 Å². The van der Waals surface area contributed by atoms with Gasteiger partial charge in [-0.25, -0.2) is 0 Å². The number of hydrogen-bond donors (Lipinski definition) is 1. The van der Waals surface area contributed by atoms with Gasteiger partial charge in [0.15, 0.2) is 5.75 Å². The van der Waals surface area contributed by atoms with Crippen molar-refractivity contribution in [2.75, 3.05) is 13.2 Å². The number of H-pyrrole nitrogens is 1. The Balaban J connectivity index is 2.48. The number of nitro benzene ring substituents is 1. The van der Waals surface area contributed by atoms with Gasteiger partial charge in [-0.1, -0.05) is 0 Å². The lowest BCUT2D eigenvalue weighted by Crippen LogP contribution is -2.18. The van der Waals surface area contributed by atoms with Crippen molar-refractivity contribution in [1.82, 2.24) is 4.98 Å². The van der Waals surface area contributed by atoms with E-state index in [0.29, 0.717) is 23.1 Å².